The summed E-state index contributed by atoms with van der Waals surface area (Å²) < 4.78 is 39.6. The first-order valence-electron chi connectivity index (χ1n) is 6.73. The van der Waals surface area contributed by atoms with Gasteiger partial charge in [0.15, 0.2) is 0 Å². The Morgan fingerprint density at radius 1 is 1.48 bits per heavy atom. The number of amides is 2. The smallest absolute Gasteiger partial charge is 0.332 e. The van der Waals surface area contributed by atoms with Crippen LogP contribution in [0, 0.1) is 6.92 Å². The standard InChI is InChI=1S/C13H16F3N5OS/c1-7(10-6-23-8(2)20-10)19-12(22)17-5-11-9(13(14,15)16)4-18-21(11)3/h4,6-7H,5H2,1-3H3,(H2,17,19,22). The average Bonchev–Trinajstić information content (AvgIpc) is 3.02. The first-order chi connectivity index (χ1) is 10.7. The second kappa shape index (κ2) is 6.57. The molecule has 0 saturated carbocycles. The van der Waals surface area contributed by atoms with E-state index < -0.39 is 17.8 Å². The number of aryl methyl sites for hydroxylation is 2. The van der Waals surface area contributed by atoms with Crippen LogP contribution in [0.5, 0.6) is 0 Å². The van der Waals surface area contributed by atoms with Crippen LogP contribution in [0.15, 0.2) is 11.6 Å². The molecule has 126 valence electrons. The van der Waals surface area contributed by atoms with Gasteiger partial charge in [0.2, 0.25) is 0 Å². The van der Waals surface area contributed by atoms with Crippen molar-refractivity contribution in [2.75, 3.05) is 0 Å². The number of urea groups is 1. The minimum Gasteiger partial charge on any atom is -0.332 e. The summed E-state index contributed by atoms with van der Waals surface area (Å²) in [5.41, 5.74) is -0.257. The molecule has 6 nitrogen and oxygen atoms in total. The molecule has 23 heavy (non-hydrogen) atoms. The quantitative estimate of drug-likeness (QED) is 0.893. The molecule has 10 heteroatoms. The zero-order valence-electron chi connectivity index (χ0n) is 12.7. The maximum absolute atomic E-state index is 12.8. The van der Waals surface area contributed by atoms with Gasteiger partial charge in [-0.1, -0.05) is 0 Å². The van der Waals surface area contributed by atoms with E-state index in [1.165, 1.54) is 18.4 Å². The summed E-state index contributed by atoms with van der Waals surface area (Å²) in [6.07, 6.45) is -3.76. The fourth-order valence-electron chi connectivity index (χ4n) is 1.97. The highest BCUT2D eigenvalue weighted by molar-refractivity contribution is 7.09. The molecular weight excluding hydrogens is 331 g/mol. The number of nitrogens with one attached hydrogen (secondary N) is 2. The second-order valence-corrected chi connectivity index (χ2v) is 6.03. The lowest BCUT2D eigenvalue weighted by Gasteiger charge is -2.14. The topological polar surface area (TPSA) is 71.8 Å². The molecule has 0 aliphatic heterocycles. The van der Waals surface area contributed by atoms with E-state index >= 15 is 0 Å². The number of aromatic nitrogens is 3. The van der Waals surface area contributed by atoms with Crippen molar-refractivity contribution in [1.29, 1.82) is 0 Å². The van der Waals surface area contributed by atoms with E-state index in [0.29, 0.717) is 5.69 Å². The minimum atomic E-state index is -4.51. The van der Waals surface area contributed by atoms with Crippen molar-refractivity contribution in [1.82, 2.24) is 25.4 Å². The lowest BCUT2D eigenvalue weighted by molar-refractivity contribution is -0.138. The van der Waals surface area contributed by atoms with Gasteiger partial charge in [-0.3, -0.25) is 4.68 Å². The number of alkyl halides is 3. The Balaban J connectivity index is 1.96. The fourth-order valence-corrected chi connectivity index (χ4v) is 2.68. The van der Waals surface area contributed by atoms with Crippen LogP contribution in [0.2, 0.25) is 0 Å². The average molecular weight is 347 g/mol. The molecule has 2 N–H and O–H groups in total. The fraction of sp³-hybridized carbons (Fsp3) is 0.462. The first-order valence-corrected chi connectivity index (χ1v) is 7.61. The normalized spacial score (nSPS) is 13.0. The van der Waals surface area contributed by atoms with Crippen molar-refractivity contribution >= 4 is 17.4 Å². The summed E-state index contributed by atoms with van der Waals surface area (Å²) in [6.45, 7) is 3.32. The highest BCUT2D eigenvalue weighted by Crippen LogP contribution is 2.31. The number of halogens is 3. The number of thiazole rings is 1. The third kappa shape index (κ3) is 4.21. The number of nitrogens with zero attached hydrogens (tertiary/aromatic N) is 3. The Morgan fingerprint density at radius 2 is 2.17 bits per heavy atom. The molecule has 0 aromatic carbocycles. The summed E-state index contributed by atoms with van der Waals surface area (Å²) in [7, 11) is 1.39. The number of carbonyl (C=O) groups excluding carboxylic acids is 1. The molecule has 0 radical (unpaired) electrons. The van der Waals surface area contributed by atoms with Gasteiger partial charge in [-0.05, 0) is 13.8 Å². The maximum Gasteiger partial charge on any atom is 0.419 e. The molecule has 2 aromatic heterocycles. The molecule has 0 saturated heterocycles. The Hall–Kier alpha value is -2.10. The van der Waals surface area contributed by atoms with Gasteiger partial charge in [0.05, 0.1) is 40.7 Å². The molecule has 2 amide bonds. The molecule has 0 bridgehead atoms. The van der Waals surface area contributed by atoms with Gasteiger partial charge < -0.3 is 10.6 Å². The molecule has 0 aliphatic carbocycles. The molecule has 2 aromatic rings. The van der Waals surface area contributed by atoms with Crippen molar-refractivity contribution in [2.45, 2.75) is 32.6 Å². The molecule has 1 unspecified atom stereocenters. The molecule has 2 heterocycles. The maximum atomic E-state index is 12.8. The van der Waals surface area contributed by atoms with E-state index in [0.717, 1.165) is 15.9 Å². The van der Waals surface area contributed by atoms with E-state index in [-0.39, 0.29) is 18.3 Å². The number of hydrogen-bond donors (Lipinski definition) is 2. The van der Waals surface area contributed by atoms with Crippen LogP contribution >= 0.6 is 11.3 Å². The molecule has 0 aliphatic rings. The van der Waals surface area contributed by atoms with Crippen molar-refractivity contribution < 1.29 is 18.0 Å². The monoisotopic (exact) mass is 347 g/mol. The molecule has 0 spiro atoms. The SMILES string of the molecule is Cc1nc(C(C)NC(=O)NCc2c(C(F)(F)F)cnn2C)cs1. The van der Waals surface area contributed by atoms with E-state index in [1.54, 1.807) is 6.92 Å². The van der Waals surface area contributed by atoms with Gasteiger partial charge in [0.25, 0.3) is 0 Å². The van der Waals surface area contributed by atoms with Gasteiger partial charge in [-0.25, -0.2) is 9.78 Å². The van der Waals surface area contributed by atoms with Crippen LogP contribution in [0.4, 0.5) is 18.0 Å². The van der Waals surface area contributed by atoms with Crippen LogP contribution in [0.25, 0.3) is 0 Å². The number of rotatable bonds is 4. The Bertz CT molecular complexity index is 694. The Kier molecular flexibility index (Phi) is 4.93. The Morgan fingerprint density at radius 3 is 2.74 bits per heavy atom. The summed E-state index contributed by atoms with van der Waals surface area (Å²) in [5.74, 6) is 0. The Labute approximate surface area is 134 Å². The highest BCUT2D eigenvalue weighted by atomic mass is 32.1. The van der Waals surface area contributed by atoms with E-state index in [9.17, 15) is 18.0 Å². The number of hydrogen-bond acceptors (Lipinski definition) is 4. The predicted molar refractivity (Wildman–Crippen MR) is 78.8 cm³/mol. The van der Waals surface area contributed by atoms with Gasteiger partial charge in [0.1, 0.15) is 0 Å². The van der Waals surface area contributed by atoms with Crippen LogP contribution in [0.1, 0.15) is 34.9 Å². The summed E-state index contributed by atoms with van der Waals surface area (Å²) >= 11 is 1.46. The lowest BCUT2D eigenvalue weighted by Crippen LogP contribution is -2.37. The van der Waals surface area contributed by atoms with Gasteiger partial charge >= 0.3 is 12.2 Å². The molecular formula is C13H16F3N5OS. The highest BCUT2D eigenvalue weighted by Gasteiger charge is 2.35. The van der Waals surface area contributed by atoms with E-state index in [4.69, 9.17) is 0 Å². The molecule has 0 fully saturated rings. The molecule has 2 rings (SSSR count). The van der Waals surface area contributed by atoms with E-state index in [1.807, 2.05) is 12.3 Å². The summed E-state index contributed by atoms with van der Waals surface area (Å²) in [5, 5.41) is 11.3. The van der Waals surface area contributed by atoms with Gasteiger partial charge in [-0.2, -0.15) is 18.3 Å². The second-order valence-electron chi connectivity index (χ2n) is 4.97. The largest absolute Gasteiger partial charge is 0.419 e. The zero-order valence-corrected chi connectivity index (χ0v) is 13.5. The number of carbonyl (C=O) groups is 1. The first kappa shape index (κ1) is 17.3. The zero-order chi connectivity index (χ0) is 17.2. The minimum absolute atomic E-state index is 0.107. The van der Waals surface area contributed by atoms with Crippen molar-refractivity contribution in [3.05, 3.63) is 33.5 Å². The van der Waals surface area contributed by atoms with E-state index in [2.05, 4.69) is 20.7 Å². The lowest BCUT2D eigenvalue weighted by atomic mass is 10.2. The third-order valence-electron chi connectivity index (χ3n) is 3.21. The van der Waals surface area contributed by atoms with Crippen molar-refractivity contribution in [3.63, 3.8) is 0 Å². The van der Waals surface area contributed by atoms with Gasteiger partial charge in [-0.15, -0.1) is 11.3 Å². The van der Waals surface area contributed by atoms with Crippen LogP contribution < -0.4 is 10.6 Å². The predicted octanol–water partition coefficient (Wildman–Crippen LogP) is 2.76. The molecule has 1 atom stereocenters. The van der Waals surface area contributed by atoms with Crippen LogP contribution in [0.3, 0.4) is 0 Å². The van der Waals surface area contributed by atoms with Crippen LogP contribution in [-0.2, 0) is 19.8 Å². The van der Waals surface area contributed by atoms with Crippen molar-refractivity contribution in [2.24, 2.45) is 7.05 Å². The summed E-state index contributed by atoms with van der Waals surface area (Å²) in [6, 6.07) is -0.911. The third-order valence-corrected chi connectivity index (χ3v) is 4.00. The summed E-state index contributed by atoms with van der Waals surface area (Å²) in [4.78, 5) is 16.1. The van der Waals surface area contributed by atoms with Crippen molar-refractivity contribution in [3.8, 4) is 0 Å². The van der Waals surface area contributed by atoms with Crippen LogP contribution in [-0.4, -0.2) is 20.8 Å². The van der Waals surface area contributed by atoms with Gasteiger partial charge in [0, 0.05) is 12.4 Å².